The van der Waals surface area contributed by atoms with E-state index >= 15 is 0 Å². The van der Waals surface area contributed by atoms with Gasteiger partial charge in [-0.15, -0.1) is 0 Å². The molecule has 0 saturated heterocycles. The quantitative estimate of drug-likeness (QED) is 0.580. The largest absolute Gasteiger partial charge is 0.487 e. The summed E-state index contributed by atoms with van der Waals surface area (Å²) in [6.45, 7) is 4.59. The van der Waals surface area contributed by atoms with Crippen LogP contribution in [-0.2, 0) is 6.61 Å². The monoisotopic (exact) mass is 305 g/mol. The van der Waals surface area contributed by atoms with E-state index in [0.717, 1.165) is 5.56 Å². The van der Waals surface area contributed by atoms with Gasteiger partial charge in [0.05, 0.1) is 16.0 Å². The van der Waals surface area contributed by atoms with Gasteiger partial charge in [-0.2, -0.15) is 0 Å². The first-order valence-electron chi connectivity index (χ1n) is 6.63. The normalized spacial score (nSPS) is 10.7. The Balaban J connectivity index is 2.09. The van der Waals surface area contributed by atoms with Crippen molar-refractivity contribution in [2.45, 2.75) is 26.4 Å². The molecule has 0 spiro atoms. The molecule has 0 heterocycles. The minimum absolute atomic E-state index is 0.0374. The molecule has 0 bridgehead atoms. The third kappa shape index (κ3) is 3.95. The lowest BCUT2D eigenvalue weighted by molar-refractivity contribution is -0.384. The number of nitro benzene ring substituents is 1. The van der Waals surface area contributed by atoms with Gasteiger partial charge in [0, 0.05) is 6.07 Å². The van der Waals surface area contributed by atoms with Gasteiger partial charge < -0.3 is 4.74 Å². The van der Waals surface area contributed by atoms with Crippen molar-refractivity contribution in [1.82, 2.24) is 0 Å². The zero-order valence-corrected chi connectivity index (χ0v) is 12.6. The molecular weight excluding hydrogens is 290 g/mol. The lowest BCUT2D eigenvalue weighted by Gasteiger charge is -2.09. The van der Waals surface area contributed by atoms with Gasteiger partial charge in [0.1, 0.15) is 12.4 Å². The zero-order chi connectivity index (χ0) is 15.4. The van der Waals surface area contributed by atoms with E-state index in [1.807, 2.05) is 12.1 Å². The highest BCUT2D eigenvalue weighted by molar-refractivity contribution is 6.32. The zero-order valence-electron chi connectivity index (χ0n) is 11.9. The maximum absolute atomic E-state index is 10.7. The molecule has 0 radical (unpaired) electrons. The van der Waals surface area contributed by atoms with Gasteiger partial charge >= 0.3 is 0 Å². The summed E-state index contributed by atoms with van der Waals surface area (Å²) in [4.78, 5) is 10.3. The molecular formula is C16H16ClNO3. The van der Waals surface area contributed by atoms with Crippen LogP contribution in [0.2, 0.25) is 5.02 Å². The second-order valence-corrected chi connectivity index (χ2v) is 5.46. The highest BCUT2D eigenvalue weighted by Crippen LogP contribution is 2.29. The van der Waals surface area contributed by atoms with E-state index in [1.165, 1.54) is 23.8 Å². The number of nitrogens with zero attached hydrogens (tertiary/aromatic N) is 1. The lowest BCUT2D eigenvalue weighted by atomic mass is 10.0. The summed E-state index contributed by atoms with van der Waals surface area (Å²) in [5.41, 5.74) is 2.21. The van der Waals surface area contributed by atoms with E-state index in [9.17, 15) is 10.1 Å². The second kappa shape index (κ2) is 6.59. The Morgan fingerprint density at radius 3 is 2.43 bits per heavy atom. The average Bonchev–Trinajstić information content (AvgIpc) is 2.46. The molecule has 4 nitrogen and oxygen atoms in total. The Kier molecular flexibility index (Phi) is 4.81. The van der Waals surface area contributed by atoms with E-state index in [4.69, 9.17) is 16.3 Å². The van der Waals surface area contributed by atoms with Crippen LogP contribution in [-0.4, -0.2) is 4.92 Å². The highest BCUT2D eigenvalue weighted by Gasteiger charge is 2.11. The number of hydrogen-bond donors (Lipinski definition) is 0. The van der Waals surface area contributed by atoms with Crippen LogP contribution >= 0.6 is 11.6 Å². The molecule has 0 N–H and O–H groups in total. The molecule has 0 atom stereocenters. The molecule has 0 aliphatic carbocycles. The van der Waals surface area contributed by atoms with Crippen LogP contribution in [0.25, 0.3) is 0 Å². The number of halogens is 1. The topological polar surface area (TPSA) is 52.4 Å². The fraction of sp³-hybridized carbons (Fsp3) is 0.250. The van der Waals surface area contributed by atoms with Gasteiger partial charge in [0.25, 0.3) is 5.69 Å². The summed E-state index contributed by atoms with van der Waals surface area (Å²) in [6, 6.07) is 12.2. The molecule has 2 aromatic carbocycles. The summed E-state index contributed by atoms with van der Waals surface area (Å²) in [5, 5.41) is 11.1. The van der Waals surface area contributed by atoms with Crippen LogP contribution in [0.5, 0.6) is 5.75 Å². The van der Waals surface area contributed by atoms with Crippen LogP contribution in [0.3, 0.4) is 0 Å². The van der Waals surface area contributed by atoms with Gasteiger partial charge in [-0.3, -0.25) is 10.1 Å². The van der Waals surface area contributed by atoms with E-state index in [0.29, 0.717) is 23.3 Å². The predicted molar refractivity (Wildman–Crippen MR) is 83.0 cm³/mol. The predicted octanol–water partition coefficient (Wildman–Crippen LogP) is 4.95. The molecule has 5 heteroatoms. The summed E-state index contributed by atoms with van der Waals surface area (Å²) < 4.78 is 5.58. The Hall–Kier alpha value is -2.07. The maximum atomic E-state index is 10.7. The Labute approximate surface area is 128 Å². The van der Waals surface area contributed by atoms with Crippen LogP contribution in [0.15, 0.2) is 42.5 Å². The van der Waals surface area contributed by atoms with E-state index in [-0.39, 0.29) is 5.69 Å². The molecule has 0 aliphatic rings. The van der Waals surface area contributed by atoms with Crippen molar-refractivity contribution in [2.75, 3.05) is 0 Å². The molecule has 110 valence electrons. The first-order chi connectivity index (χ1) is 9.97. The smallest absolute Gasteiger partial charge is 0.273 e. The van der Waals surface area contributed by atoms with Crippen molar-refractivity contribution in [3.63, 3.8) is 0 Å². The molecule has 21 heavy (non-hydrogen) atoms. The van der Waals surface area contributed by atoms with Crippen molar-refractivity contribution < 1.29 is 9.66 Å². The van der Waals surface area contributed by atoms with E-state index < -0.39 is 4.92 Å². The SMILES string of the molecule is CC(C)c1ccc(COc2cc([N+](=O)[O-])ccc2Cl)cc1. The Morgan fingerprint density at radius 1 is 1.19 bits per heavy atom. The summed E-state index contributed by atoms with van der Waals surface area (Å²) in [7, 11) is 0. The lowest BCUT2D eigenvalue weighted by Crippen LogP contribution is -1.98. The molecule has 0 fully saturated rings. The van der Waals surface area contributed by atoms with Crippen molar-refractivity contribution >= 4 is 17.3 Å². The Morgan fingerprint density at radius 2 is 1.86 bits per heavy atom. The minimum Gasteiger partial charge on any atom is -0.487 e. The highest BCUT2D eigenvalue weighted by atomic mass is 35.5. The average molecular weight is 306 g/mol. The third-order valence-electron chi connectivity index (χ3n) is 3.17. The van der Waals surface area contributed by atoms with Crippen LogP contribution in [0.4, 0.5) is 5.69 Å². The van der Waals surface area contributed by atoms with Crippen LogP contribution in [0, 0.1) is 10.1 Å². The fourth-order valence-corrected chi connectivity index (χ4v) is 2.05. The number of benzene rings is 2. The molecule has 0 aliphatic heterocycles. The molecule has 2 aromatic rings. The van der Waals surface area contributed by atoms with Gasteiger partial charge in [0.2, 0.25) is 0 Å². The number of ether oxygens (including phenoxy) is 1. The van der Waals surface area contributed by atoms with Crippen molar-refractivity contribution in [3.8, 4) is 5.75 Å². The molecule has 0 saturated carbocycles. The maximum Gasteiger partial charge on any atom is 0.273 e. The summed E-state index contributed by atoms with van der Waals surface area (Å²) >= 11 is 5.99. The minimum atomic E-state index is -0.472. The fourth-order valence-electron chi connectivity index (χ4n) is 1.88. The van der Waals surface area contributed by atoms with E-state index in [2.05, 4.69) is 26.0 Å². The van der Waals surface area contributed by atoms with Crippen LogP contribution in [0.1, 0.15) is 30.9 Å². The van der Waals surface area contributed by atoms with Gasteiger partial charge in [-0.1, -0.05) is 49.7 Å². The Bertz CT molecular complexity index is 638. The molecule has 0 unspecified atom stereocenters. The summed E-state index contributed by atoms with van der Waals surface area (Å²) in [6.07, 6.45) is 0. The van der Waals surface area contributed by atoms with Gasteiger partial charge in [-0.25, -0.2) is 0 Å². The standard InChI is InChI=1S/C16H16ClNO3/c1-11(2)13-5-3-12(4-6-13)10-21-16-9-14(18(19)20)7-8-15(16)17/h3-9,11H,10H2,1-2H3. The van der Waals surface area contributed by atoms with Gasteiger partial charge in [-0.05, 0) is 23.1 Å². The number of non-ortho nitro benzene ring substituents is 1. The van der Waals surface area contributed by atoms with Crippen molar-refractivity contribution in [2.24, 2.45) is 0 Å². The number of rotatable bonds is 5. The van der Waals surface area contributed by atoms with Crippen molar-refractivity contribution in [3.05, 3.63) is 68.7 Å². The molecule has 0 amide bonds. The molecule has 2 rings (SSSR count). The summed E-state index contributed by atoms with van der Waals surface area (Å²) in [5.74, 6) is 0.796. The first kappa shape index (κ1) is 15.3. The number of hydrogen-bond acceptors (Lipinski definition) is 3. The van der Waals surface area contributed by atoms with Gasteiger partial charge in [0.15, 0.2) is 0 Å². The number of nitro groups is 1. The van der Waals surface area contributed by atoms with Crippen LogP contribution < -0.4 is 4.74 Å². The van der Waals surface area contributed by atoms with E-state index in [1.54, 1.807) is 0 Å². The first-order valence-corrected chi connectivity index (χ1v) is 7.00. The molecule has 0 aromatic heterocycles. The third-order valence-corrected chi connectivity index (χ3v) is 3.48. The van der Waals surface area contributed by atoms with Crippen molar-refractivity contribution in [1.29, 1.82) is 0 Å². The second-order valence-electron chi connectivity index (χ2n) is 5.06.